The van der Waals surface area contributed by atoms with Crippen LogP contribution in [0.1, 0.15) is 6.23 Å². The molecule has 0 saturated carbocycles. The molecule has 10 nitrogen and oxygen atoms in total. The van der Waals surface area contributed by atoms with E-state index in [-0.39, 0.29) is 6.61 Å². The van der Waals surface area contributed by atoms with Crippen molar-refractivity contribution in [1.82, 2.24) is 9.55 Å². The van der Waals surface area contributed by atoms with Gasteiger partial charge in [-0.05, 0) is 0 Å². The third-order valence-corrected chi connectivity index (χ3v) is 3.06. The molecule has 0 radical (unpaired) electrons. The van der Waals surface area contributed by atoms with Gasteiger partial charge in [0.2, 0.25) is 0 Å². The fourth-order valence-corrected chi connectivity index (χ4v) is 2.12. The number of aromatic nitrogens is 2. The predicted octanol–water partition coefficient (Wildman–Crippen LogP) is -2.61. The average Bonchev–Trinajstić information content (AvgIpc) is 2.68. The molecule has 1 aliphatic rings. The second-order valence-corrected chi connectivity index (χ2v) is 4.29. The zero-order chi connectivity index (χ0) is 14.9. The molecule has 1 saturated heterocycles. The smallest absolute Gasteiger partial charge is 0.333 e. The highest BCUT2D eigenvalue weighted by Gasteiger charge is 2.48. The van der Waals surface area contributed by atoms with Gasteiger partial charge in [-0.25, -0.2) is 15.5 Å². The molecule has 1 aromatic rings. The number of aromatic amines is 1. The molecule has 10 heteroatoms. The number of nitrogens with two attached hydrogens (primary N) is 1. The van der Waals surface area contributed by atoms with Crippen LogP contribution < -0.4 is 17.1 Å². The van der Waals surface area contributed by atoms with Gasteiger partial charge in [-0.2, -0.15) is 0 Å². The van der Waals surface area contributed by atoms with E-state index in [1.165, 1.54) is 0 Å². The number of carbonyl (C=O) groups is 1. The van der Waals surface area contributed by atoms with Crippen LogP contribution in [-0.4, -0.2) is 44.5 Å². The van der Waals surface area contributed by atoms with E-state index in [0.717, 1.165) is 16.8 Å². The number of carboxylic acid groups (broad SMARTS) is 1. The molecule has 1 aliphatic heterocycles. The number of H-pyrrole nitrogens is 1. The number of hydrogen-bond acceptors (Lipinski definition) is 7. The van der Waals surface area contributed by atoms with Crippen LogP contribution in [0.25, 0.3) is 0 Å². The molecule has 2 rings (SSSR count). The Hall–Kier alpha value is -2.01. The summed E-state index contributed by atoms with van der Waals surface area (Å²) >= 11 is 0. The van der Waals surface area contributed by atoms with Crippen LogP contribution in [0.2, 0.25) is 0 Å². The Morgan fingerprint density at radius 1 is 1.55 bits per heavy atom. The average molecular weight is 287 g/mol. The Bertz CT molecular complexity index is 609. The molecule has 5 N–H and O–H groups in total. The van der Waals surface area contributed by atoms with Crippen LogP contribution in [0.3, 0.4) is 0 Å². The first kappa shape index (κ1) is 14.4. The SMILES string of the molecule is NOC[C@H]1[C@@H](O)[C@H](n2ccc(=O)[nH]c2=O)O[C@@H]1C(=O)O. The first-order valence-electron chi connectivity index (χ1n) is 5.65. The lowest BCUT2D eigenvalue weighted by molar-refractivity contribution is -0.154. The largest absolute Gasteiger partial charge is 0.479 e. The fourth-order valence-electron chi connectivity index (χ4n) is 2.12. The molecule has 0 aromatic carbocycles. The maximum Gasteiger partial charge on any atom is 0.333 e. The maximum absolute atomic E-state index is 11.6. The lowest BCUT2D eigenvalue weighted by Gasteiger charge is -2.18. The zero-order valence-corrected chi connectivity index (χ0v) is 10.1. The number of aliphatic hydroxyl groups is 1. The lowest BCUT2D eigenvalue weighted by Crippen LogP contribution is -2.37. The topological polar surface area (TPSA) is 157 Å². The Morgan fingerprint density at radius 2 is 2.25 bits per heavy atom. The van der Waals surface area contributed by atoms with E-state index in [1.54, 1.807) is 0 Å². The summed E-state index contributed by atoms with van der Waals surface area (Å²) < 4.78 is 6.06. The normalized spacial score (nSPS) is 29.5. The first-order chi connectivity index (χ1) is 9.45. The van der Waals surface area contributed by atoms with Crippen LogP contribution in [0.4, 0.5) is 0 Å². The molecular formula is C10H13N3O7. The van der Waals surface area contributed by atoms with Crippen molar-refractivity contribution < 1.29 is 24.6 Å². The van der Waals surface area contributed by atoms with Gasteiger partial charge in [0, 0.05) is 12.3 Å². The van der Waals surface area contributed by atoms with Crippen molar-refractivity contribution >= 4 is 5.97 Å². The van der Waals surface area contributed by atoms with E-state index in [0.29, 0.717) is 0 Å². The third-order valence-electron chi connectivity index (χ3n) is 3.06. The fraction of sp³-hybridized carbons (Fsp3) is 0.500. The predicted molar refractivity (Wildman–Crippen MR) is 62.5 cm³/mol. The molecule has 0 unspecified atom stereocenters. The van der Waals surface area contributed by atoms with Gasteiger partial charge in [-0.15, -0.1) is 0 Å². The van der Waals surface area contributed by atoms with Crippen molar-refractivity contribution in [2.24, 2.45) is 11.8 Å². The van der Waals surface area contributed by atoms with E-state index < -0.39 is 41.6 Å². The van der Waals surface area contributed by atoms with E-state index in [1.807, 2.05) is 4.98 Å². The summed E-state index contributed by atoms with van der Waals surface area (Å²) in [4.78, 5) is 40.0. The van der Waals surface area contributed by atoms with Gasteiger partial charge >= 0.3 is 11.7 Å². The minimum absolute atomic E-state index is 0.257. The summed E-state index contributed by atoms with van der Waals surface area (Å²) in [5.74, 6) is 2.63. The van der Waals surface area contributed by atoms with Crippen molar-refractivity contribution in [2.75, 3.05) is 6.61 Å². The van der Waals surface area contributed by atoms with Gasteiger partial charge in [-0.3, -0.25) is 14.3 Å². The molecule has 4 atom stereocenters. The van der Waals surface area contributed by atoms with Crippen LogP contribution in [-0.2, 0) is 14.4 Å². The van der Waals surface area contributed by atoms with Crippen molar-refractivity contribution in [3.63, 3.8) is 0 Å². The molecule has 1 fully saturated rings. The van der Waals surface area contributed by atoms with Crippen molar-refractivity contribution in [1.29, 1.82) is 0 Å². The summed E-state index contributed by atoms with van der Waals surface area (Å²) in [5, 5.41) is 19.1. The number of carboxylic acids is 1. The first-order valence-corrected chi connectivity index (χ1v) is 5.65. The monoisotopic (exact) mass is 287 g/mol. The Kier molecular flexibility index (Phi) is 3.99. The minimum Gasteiger partial charge on any atom is -0.479 e. The van der Waals surface area contributed by atoms with Gasteiger partial charge in [0.05, 0.1) is 12.5 Å². The van der Waals surface area contributed by atoms with Crippen LogP contribution in [0.5, 0.6) is 0 Å². The molecule has 0 spiro atoms. The standard InChI is InChI=1S/C10H13N3O7/c11-19-3-4-6(15)8(20-7(4)9(16)17)13-2-1-5(14)12-10(13)18/h1-2,4,6-8,15H,3,11H2,(H,16,17)(H,12,14,18)/t4-,6+,7-,8+/m0/s1. The quantitative estimate of drug-likeness (QED) is 0.438. The Balaban J connectivity index is 2.36. The van der Waals surface area contributed by atoms with Crippen LogP contribution >= 0.6 is 0 Å². The van der Waals surface area contributed by atoms with Crippen molar-refractivity contribution in [2.45, 2.75) is 18.4 Å². The third kappa shape index (κ3) is 2.49. The molecule has 0 aliphatic carbocycles. The van der Waals surface area contributed by atoms with Gasteiger partial charge in [-0.1, -0.05) is 0 Å². The number of rotatable bonds is 4. The van der Waals surface area contributed by atoms with Crippen molar-refractivity contribution in [3.05, 3.63) is 33.1 Å². The summed E-state index contributed by atoms with van der Waals surface area (Å²) in [6.07, 6.45) is -2.85. The lowest BCUT2D eigenvalue weighted by atomic mass is 9.99. The number of ether oxygens (including phenoxy) is 1. The van der Waals surface area contributed by atoms with Crippen molar-refractivity contribution in [3.8, 4) is 0 Å². The molecular weight excluding hydrogens is 274 g/mol. The highest BCUT2D eigenvalue weighted by Crippen LogP contribution is 2.33. The molecule has 20 heavy (non-hydrogen) atoms. The Labute approximate surface area is 111 Å². The Morgan fingerprint density at radius 3 is 2.80 bits per heavy atom. The van der Waals surface area contributed by atoms with Gasteiger partial charge in [0.1, 0.15) is 6.10 Å². The zero-order valence-electron chi connectivity index (χ0n) is 10.1. The van der Waals surface area contributed by atoms with Crippen LogP contribution in [0, 0.1) is 5.92 Å². The molecule has 0 bridgehead atoms. The summed E-state index contributed by atoms with van der Waals surface area (Å²) in [6, 6.07) is 1.06. The van der Waals surface area contributed by atoms with E-state index >= 15 is 0 Å². The number of nitrogens with zero attached hydrogens (tertiary/aromatic N) is 1. The molecule has 110 valence electrons. The summed E-state index contributed by atoms with van der Waals surface area (Å²) in [6.45, 7) is -0.257. The second kappa shape index (κ2) is 5.54. The minimum atomic E-state index is -1.38. The van der Waals surface area contributed by atoms with E-state index in [9.17, 15) is 19.5 Å². The number of aliphatic hydroxyl groups excluding tert-OH is 1. The van der Waals surface area contributed by atoms with E-state index in [2.05, 4.69) is 4.84 Å². The van der Waals surface area contributed by atoms with Gasteiger partial charge < -0.3 is 19.8 Å². The molecule has 1 aromatic heterocycles. The second-order valence-electron chi connectivity index (χ2n) is 4.29. The number of nitrogens with one attached hydrogen (secondary N) is 1. The summed E-state index contributed by atoms with van der Waals surface area (Å²) in [5.41, 5.74) is -1.43. The summed E-state index contributed by atoms with van der Waals surface area (Å²) in [7, 11) is 0. The highest BCUT2D eigenvalue weighted by molar-refractivity contribution is 5.73. The highest BCUT2D eigenvalue weighted by atomic mass is 16.6. The molecule has 0 amide bonds. The number of hydrogen-bond donors (Lipinski definition) is 4. The van der Waals surface area contributed by atoms with Crippen LogP contribution in [0.15, 0.2) is 21.9 Å². The molecule has 2 heterocycles. The number of aliphatic carboxylic acids is 1. The van der Waals surface area contributed by atoms with E-state index in [4.69, 9.17) is 15.7 Å². The maximum atomic E-state index is 11.6. The van der Waals surface area contributed by atoms with Gasteiger partial charge in [0.25, 0.3) is 5.56 Å². The van der Waals surface area contributed by atoms with Gasteiger partial charge in [0.15, 0.2) is 12.3 Å².